The Morgan fingerprint density at radius 3 is 2.43 bits per heavy atom. The van der Waals surface area contributed by atoms with Crippen molar-refractivity contribution in [3.63, 3.8) is 0 Å². The van der Waals surface area contributed by atoms with Gasteiger partial charge in [0.1, 0.15) is 4.90 Å². The van der Waals surface area contributed by atoms with Crippen molar-refractivity contribution in [2.75, 3.05) is 11.9 Å². The summed E-state index contributed by atoms with van der Waals surface area (Å²) in [5.74, 6) is -0.513. The lowest BCUT2D eigenvalue weighted by Gasteiger charge is -2.09. The van der Waals surface area contributed by atoms with Crippen LogP contribution in [0.4, 0.5) is 5.69 Å². The summed E-state index contributed by atoms with van der Waals surface area (Å²) in [4.78, 5) is 11.8. The Morgan fingerprint density at radius 1 is 1.09 bits per heavy atom. The maximum atomic E-state index is 12.1. The number of carbonyl (C=O) groups excluding carboxylic acids is 1. The molecule has 0 radical (unpaired) electrons. The van der Waals surface area contributed by atoms with E-state index in [1.165, 1.54) is 12.1 Å². The lowest BCUT2D eigenvalue weighted by molar-refractivity contribution is -0.115. The van der Waals surface area contributed by atoms with Gasteiger partial charge in [-0.2, -0.15) is 0 Å². The van der Waals surface area contributed by atoms with E-state index in [1.54, 1.807) is 30.3 Å². The highest BCUT2D eigenvalue weighted by atomic mass is 35.5. The third-order valence-corrected chi connectivity index (χ3v) is 5.31. The van der Waals surface area contributed by atoms with E-state index in [0.29, 0.717) is 10.7 Å². The van der Waals surface area contributed by atoms with Crippen molar-refractivity contribution < 1.29 is 13.2 Å². The summed E-state index contributed by atoms with van der Waals surface area (Å²) in [7, 11) is -3.86. The van der Waals surface area contributed by atoms with Crippen LogP contribution < -0.4 is 10.0 Å². The van der Waals surface area contributed by atoms with Crippen molar-refractivity contribution in [1.29, 1.82) is 0 Å². The summed E-state index contributed by atoms with van der Waals surface area (Å²) in [6.07, 6.45) is 0. The molecule has 2 aromatic rings. The lowest BCUT2D eigenvalue weighted by Crippen LogP contribution is -2.33. The van der Waals surface area contributed by atoms with Crippen LogP contribution in [0.15, 0.2) is 47.4 Å². The first kappa shape index (κ1) is 17.7. The van der Waals surface area contributed by atoms with Gasteiger partial charge >= 0.3 is 0 Å². The SMILES string of the molecule is Cc1ccc(NC(=O)CNS(=O)(=O)c2ccccc2Cl)cc1Cl. The van der Waals surface area contributed by atoms with Gasteiger partial charge < -0.3 is 5.32 Å². The number of halogens is 2. The van der Waals surface area contributed by atoms with Crippen molar-refractivity contribution in [3.8, 4) is 0 Å². The number of aryl methyl sites for hydroxylation is 1. The zero-order chi connectivity index (χ0) is 17.0. The van der Waals surface area contributed by atoms with Crippen LogP contribution in [-0.2, 0) is 14.8 Å². The number of sulfonamides is 1. The quantitative estimate of drug-likeness (QED) is 0.845. The smallest absolute Gasteiger partial charge is 0.242 e. The van der Waals surface area contributed by atoms with Gasteiger partial charge in [-0.15, -0.1) is 0 Å². The van der Waals surface area contributed by atoms with Gasteiger partial charge in [0.05, 0.1) is 11.6 Å². The Balaban J connectivity index is 2.01. The fraction of sp³-hybridized carbons (Fsp3) is 0.133. The molecule has 1 amide bonds. The molecule has 23 heavy (non-hydrogen) atoms. The zero-order valence-electron chi connectivity index (χ0n) is 12.1. The molecular weight excluding hydrogens is 359 g/mol. The highest BCUT2D eigenvalue weighted by molar-refractivity contribution is 7.89. The van der Waals surface area contributed by atoms with Crippen molar-refractivity contribution in [1.82, 2.24) is 4.72 Å². The summed E-state index contributed by atoms with van der Waals surface area (Å²) in [5.41, 5.74) is 1.37. The van der Waals surface area contributed by atoms with Crippen LogP contribution in [0.1, 0.15) is 5.56 Å². The topological polar surface area (TPSA) is 75.3 Å². The second-order valence-electron chi connectivity index (χ2n) is 4.77. The van der Waals surface area contributed by atoms with Crippen LogP contribution >= 0.6 is 23.2 Å². The van der Waals surface area contributed by atoms with E-state index in [9.17, 15) is 13.2 Å². The first-order valence-corrected chi connectivity index (χ1v) is 8.84. The van der Waals surface area contributed by atoms with Gasteiger partial charge in [-0.25, -0.2) is 13.1 Å². The molecule has 0 aliphatic rings. The number of hydrogen-bond acceptors (Lipinski definition) is 3. The molecule has 5 nitrogen and oxygen atoms in total. The molecule has 0 aliphatic heterocycles. The predicted molar refractivity (Wildman–Crippen MR) is 91.5 cm³/mol. The molecule has 0 spiro atoms. The second-order valence-corrected chi connectivity index (χ2v) is 7.32. The van der Waals surface area contributed by atoms with Gasteiger partial charge in [-0.1, -0.05) is 41.4 Å². The van der Waals surface area contributed by atoms with E-state index < -0.39 is 22.5 Å². The van der Waals surface area contributed by atoms with E-state index in [-0.39, 0.29) is 9.92 Å². The fourth-order valence-electron chi connectivity index (χ4n) is 1.78. The van der Waals surface area contributed by atoms with Gasteiger partial charge in [0.2, 0.25) is 15.9 Å². The largest absolute Gasteiger partial charge is 0.325 e. The Hall–Kier alpha value is -1.60. The first-order chi connectivity index (χ1) is 10.8. The van der Waals surface area contributed by atoms with E-state index in [1.807, 2.05) is 6.92 Å². The molecule has 0 saturated carbocycles. The van der Waals surface area contributed by atoms with Gasteiger partial charge in [-0.05, 0) is 36.8 Å². The third-order valence-electron chi connectivity index (χ3n) is 3.00. The zero-order valence-corrected chi connectivity index (χ0v) is 14.5. The normalized spacial score (nSPS) is 11.3. The molecule has 0 unspecified atom stereocenters. The summed E-state index contributed by atoms with van der Waals surface area (Å²) >= 11 is 11.8. The maximum Gasteiger partial charge on any atom is 0.242 e. The Bertz CT molecular complexity index is 838. The van der Waals surface area contributed by atoms with Crippen molar-refractivity contribution in [3.05, 3.63) is 58.1 Å². The molecule has 0 aliphatic carbocycles. The average molecular weight is 373 g/mol. The molecule has 0 fully saturated rings. The molecule has 0 heterocycles. The molecule has 2 aromatic carbocycles. The Kier molecular flexibility index (Phi) is 5.64. The van der Waals surface area contributed by atoms with Crippen LogP contribution in [0, 0.1) is 6.92 Å². The number of benzene rings is 2. The number of nitrogens with one attached hydrogen (secondary N) is 2. The molecule has 0 saturated heterocycles. The second kappa shape index (κ2) is 7.31. The molecule has 0 bridgehead atoms. The lowest BCUT2D eigenvalue weighted by atomic mass is 10.2. The van der Waals surface area contributed by atoms with Crippen LogP contribution in [0.3, 0.4) is 0 Å². The minimum absolute atomic E-state index is 0.0761. The fourth-order valence-corrected chi connectivity index (χ4v) is 3.46. The van der Waals surface area contributed by atoms with Crippen molar-refractivity contribution >= 4 is 44.8 Å². The van der Waals surface area contributed by atoms with E-state index in [2.05, 4.69) is 10.0 Å². The van der Waals surface area contributed by atoms with Gasteiger partial charge in [0, 0.05) is 10.7 Å². The van der Waals surface area contributed by atoms with Crippen LogP contribution in [0.2, 0.25) is 10.0 Å². The van der Waals surface area contributed by atoms with Crippen LogP contribution in [0.25, 0.3) is 0 Å². The van der Waals surface area contributed by atoms with E-state index in [4.69, 9.17) is 23.2 Å². The summed E-state index contributed by atoms with van der Waals surface area (Å²) in [6.45, 7) is 1.42. The Morgan fingerprint density at radius 2 is 1.78 bits per heavy atom. The summed E-state index contributed by atoms with van der Waals surface area (Å²) in [5, 5.41) is 3.17. The van der Waals surface area contributed by atoms with Gasteiger partial charge in [-0.3, -0.25) is 4.79 Å². The monoisotopic (exact) mass is 372 g/mol. The molecule has 0 aromatic heterocycles. The highest BCUT2D eigenvalue weighted by Gasteiger charge is 2.18. The summed E-state index contributed by atoms with van der Waals surface area (Å²) in [6, 6.07) is 11.0. The molecule has 2 rings (SSSR count). The van der Waals surface area contributed by atoms with Gasteiger partial charge in [0.25, 0.3) is 0 Å². The van der Waals surface area contributed by atoms with E-state index >= 15 is 0 Å². The van der Waals surface area contributed by atoms with Gasteiger partial charge in [0.15, 0.2) is 0 Å². The molecular formula is C15H14Cl2N2O3S. The van der Waals surface area contributed by atoms with E-state index in [0.717, 1.165) is 5.56 Å². The minimum atomic E-state index is -3.86. The van der Waals surface area contributed by atoms with Crippen molar-refractivity contribution in [2.24, 2.45) is 0 Å². The summed E-state index contributed by atoms with van der Waals surface area (Å²) < 4.78 is 26.4. The highest BCUT2D eigenvalue weighted by Crippen LogP contribution is 2.21. The Labute approximate surface area is 144 Å². The molecule has 2 N–H and O–H groups in total. The van der Waals surface area contributed by atoms with Crippen molar-refractivity contribution in [2.45, 2.75) is 11.8 Å². The number of amides is 1. The van der Waals surface area contributed by atoms with Crippen LogP contribution in [-0.4, -0.2) is 20.9 Å². The number of carbonyl (C=O) groups is 1. The minimum Gasteiger partial charge on any atom is -0.325 e. The average Bonchev–Trinajstić information content (AvgIpc) is 2.49. The molecule has 0 atom stereocenters. The molecule has 8 heteroatoms. The molecule has 122 valence electrons. The number of rotatable bonds is 5. The number of anilines is 1. The van der Waals surface area contributed by atoms with Crippen LogP contribution in [0.5, 0.6) is 0 Å². The maximum absolute atomic E-state index is 12.1. The number of hydrogen-bond donors (Lipinski definition) is 2. The third kappa shape index (κ3) is 4.68. The first-order valence-electron chi connectivity index (χ1n) is 6.60. The standard InChI is InChI=1S/C15H14Cl2N2O3S/c1-10-6-7-11(8-13(10)17)19-15(20)9-18-23(21,22)14-5-3-2-4-12(14)16/h2-8,18H,9H2,1H3,(H,19,20). The predicted octanol–water partition coefficient (Wildman–Crippen LogP) is 3.22.